The van der Waals surface area contributed by atoms with E-state index in [2.05, 4.69) is 75.3 Å². The zero-order valence-electron chi connectivity index (χ0n) is 14.5. The summed E-state index contributed by atoms with van der Waals surface area (Å²) in [5.41, 5.74) is 7.84. The van der Waals surface area contributed by atoms with E-state index in [1.165, 1.54) is 16.3 Å². The van der Waals surface area contributed by atoms with Crippen molar-refractivity contribution in [2.75, 3.05) is 27.2 Å². The lowest BCUT2D eigenvalue weighted by Gasteiger charge is -2.40. The highest BCUT2D eigenvalue weighted by Gasteiger charge is 2.36. The van der Waals surface area contributed by atoms with Crippen molar-refractivity contribution in [3.63, 3.8) is 0 Å². The van der Waals surface area contributed by atoms with E-state index in [1.54, 1.807) is 0 Å². The van der Waals surface area contributed by atoms with Gasteiger partial charge in [0.05, 0.1) is 0 Å². The van der Waals surface area contributed by atoms with Gasteiger partial charge in [-0.25, -0.2) is 0 Å². The van der Waals surface area contributed by atoms with E-state index >= 15 is 0 Å². The smallest absolute Gasteiger partial charge is 0.0119 e. The van der Waals surface area contributed by atoms with Crippen LogP contribution in [0.25, 0.3) is 10.8 Å². The monoisotopic (exact) mass is 298 g/mol. The molecule has 0 aromatic heterocycles. The minimum absolute atomic E-state index is 0.0416. The summed E-state index contributed by atoms with van der Waals surface area (Å²) in [4.78, 5) is 2.26. The first-order valence-electron chi connectivity index (χ1n) is 8.38. The highest BCUT2D eigenvalue weighted by atomic mass is 15.0. The summed E-state index contributed by atoms with van der Waals surface area (Å²) in [6.07, 6.45) is 2.24. The van der Waals surface area contributed by atoms with Gasteiger partial charge >= 0.3 is 0 Å². The van der Waals surface area contributed by atoms with Crippen LogP contribution in [0, 0.1) is 5.92 Å². The van der Waals surface area contributed by atoms with Crippen molar-refractivity contribution in [2.24, 2.45) is 11.7 Å². The molecule has 0 amide bonds. The Morgan fingerprint density at radius 2 is 1.77 bits per heavy atom. The molecule has 2 aromatic carbocycles. The van der Waals surface area contributed by atoms with Gasteiger partial charge in [-0.3, -0.25) is 0 Å². The van der Waals surface area contributed by atoms with Crippen LogP contribution in [-0.2, 0) is 5.41 Å². The molecule has 0 spiro atoms. The van der Waals surface area contributed by atoms with E-state index < -0.39 is 0 Å². The second-order valence-corrected chi connectivity index (χ2v) is 6.75. The predicted octanol–water partition coefficient (Wildman–Crippen LogP) is 4.03. The average molecular weight is 298 g/mol. The molecule has 0 unspecified atom stereocenters. The fraction of sp³-hybridized carbons (Fsp3) is 0.500. The summed E-state index contributed by atoms with van der Waals surface area (Å²) in [5.74, 6) is 0.559. The molecule has 0 saturated carbocycles. The van der Waals surface area contributed by atoms with Crippen molar-refractivity contribution in [1.29, 1.82) is 0 Å². The molecule has 0 saturated heterocycles. The Bertz CT molecular complexity index is 600. The van der Waals surface area contributed by atoms with Crippen molar-refractivity contribution < 1.29 is 0 Å². The normalized spacial score (nSPS) is 15.9. The summed E-state index contributed by atoms with van der Waals surface area (Å²) in [7, 11) is 4.28. The van der Waals surface area contributed by atoms with Crippen molar-refractivity contribution in [3.05, 3.63) is 48.0 Å². The molecule has 2 heteroatoms. The summed E-state index contributed by atoms with van der Waals surface area (Å²) in [6.45, 7) is 6.38. The third kappa shape index (κ3) is 3.18. The lowest BCUT2D eigenvalue weighted by atomic mass is 9.66. The van der Waals surface area contributed by atoms with Crippen molar-refractivity contribution in [2.45, 2.75) is 32.1 Å². The lowest BCUT2D eigenvalue weighted by molar-refractivity contribution is 0.236. The van der Waals surface area contributed by atoms with Gasteiger partial charge in [0.1, 0.15) is 0 Å². The van der Waals surface area contributed by atoms with E-state index in [4.69, 9.17) is 5.73 Å². The molecule has 0 aliphatic carbocycles. The van der Waals surface area contributed by atoms with E-state index in [0.29, 0.717) is 12.5 Å². The molecule has 0 heterocycles. The molecule has 0 aliphatic rings. The highest BCUT2D eigenvalue weighted by Crippen LogP contribution is 2.40. The second kappa shape index (κ2) is 7.26. The maximum atomic E-state index is 6.38. The molecule has 2 atom stereocenters. The fourth-order valence-corrected chi connectivity index (χ4v) is 3.53. The SMILES string of the molecule is CC[C@H](C)[C@](CN)(CCN(C)C)c1cccc2ccccc12. The Morgan fingerprint density at radius 1 is 1.09 bits per heavy atom. The van der Waals surface area contributed by atoms with Crippen molar-refractivity contribution in [1.82, 2.24) is 4.90 Å². The molecule has 120 valence electrons. The van der Waals surface area contributed by atoms with Crippen LogP contribution in [0.15, 0.2) is 42.5 Å². The summed E-state index contributed by atoms with van der Waals surface area (Å²) in [5, 5.41) is 2.67. The zero-order valence-corrected chi connectivity index (χ0v) is 14.5. The molecule has 22 heavy (non-hydrogen) atoms. The number of benzene rings is 2. The topological polar surface area (TPSA) is 29.3 Å². The standard InChI is InChI=1S/C20H30N2/c1-5-16(2)20(15-21,13-14-22(3)4)19-12-8-10-17-9-6-7-11-18(17)19/h6-12,16H,5,13-15,21H2,1-4H3/t16-,20+/m0/s1. The first kappa shape index (κ1) is 17.0. The van der Waals surface area contributed by atoms with Crippen molar-refractivity contribution in [3.8, 4) is 0 Å². The van der Waals surface area contributed by atoms with Gasteiger partial charge in [0.2, 0.25) is 0 Å². The average Bonchev–Trinajstić information content (AvgIpc) is 2.55. The minimum Gasteiger partial charge on any atom is -0.330 e. The zero-order chi connectivity index (χ0) is 16.2. The van der Waals surface area contributed by atoms with Crippen LogP contribution in [0.2, 0.25) is 0 Å². The van der Waals surface area contributed by atoms with E-state index in [1.807, 2.05) is 0 Å². The van der Waals surface area contributed by atoms with E-state index in [0.717, 1.165) is 19.4 Å². The van der Waals surface area contributed by atoms with E-state index in [9.17, 15) is 0 Å². The van der Waals surface area contributed by atoms with Gasteiger partial charge in [-0.05, 0) is 49.3 Å². The van der Waals surface area contributed by atoms with Crippen molar-refractivity contribution >= 4 is 10.8 Å². The van der Waals surface area contributed by atoms with Crippen LogP contribution in [0.1, 0.15) is 32.3 Å². The summed E-state index contributed by atoms with van der Waals surface area (Å²) >= 11 is 0. The number of fused-ring (bicyclic) bond motifs is 1. The number of nitrogens with two attached hydrogens (primary N) is 1. The summed E-state index contributed by atoms with van der Waals surface area (Å²) in [6, 6.07) is 15.4. The molecule has 2 N–H and O–H groups in total. The predicted molar refractivity (Wildman–Crippen MR) is 97.3 cm³/mol. The highest BCUT2D eigenvalue weighted by molar-refractivity contribution is 5.86. The molecule has 2 aromatic rings. The number of hydrogen-bond donors (Lipinski definition) is 1. The molecule has 0 aliphatic heterocycles. The van der Waals surface area contributed by atoms with Gasteiger partial charge in [-0.1, -0.05) is 62.7 Å². The Morgan fingerprint density at radius 3 is 2.41 bits per heavy atom. The van der Waals surface area contributed by atoms with E-state index in [-0.39, 0.29) is 5.41 Å². The van der Waals surface area contributed by atoms with Gasteiger partial charge in [-0.15, -0.1) is 0 Å². The van der Waals surface area contributed by atoms with Crippen LogP contribution in [0.5, 0.6) is 0 Å². The third-order valence-electron chi connectivity index (χ3n) is 5.25. The van der Waals surface area contributed by atoms with Gasteiger partial charge in [-0.2, -0.15) is 0 Å². The maximum absolute atomic E-state index is 6.38. The molecular formula is C20H30N2. The molecule has 0 bridgehead atoms. The quantitative estimate of drug-likeness (QED) is 0.836. The van der Waals surface area contributed by atoms with Gasteiger partial charge < -0.3 is 10.6 Å². The van der Waals surface area contributed by atoms with Crippen LogP contribution in [-0.4, -0.2) is 32.1 Å². The van der Waals surface area contributed by atoms with Crippen LogP contribution < -0.4 is 5.73 Å². The van der Waals surface area contributed by atoms with Crippen LogP contribution in [0.4, 0.5) is 0 Å². The van der Waals surface area contributed by atoms with Gasteiger partial charge in [0, 0.05) is 12.0 Å². The van der Waals surface area contributed by atoms with Crippen LogP contribution >= 0.6 is 0 Å². The Hall–Kier alpha value is -1.38. The largest absolute Gasteiger partial charge is 0.330 e. The first-order valence-corrected chi connectivity index (χ1v) is 8.38. The Kier molecular flexibility index (Phi) is 5.60. The summed E-state index contributed by atoms with van der Waals surface area (Å²) < 4.78 is 0. The fourth-order valence-electron chi connectivity index (χ4n) is 3.53. The van der Waals surface area contributed by atoms with Gasteiger partial charge in [0.25, 0.3) is 0 Å². The number of hydrogen-bond acceptors (Lipinski definition) is 2. The number of nitrogens with zero attached hydrogens (tertiary/aromatic N) is 1. The molecular weight excluding hydrogens is 268 g/mol. The first-order chi connectivity index (χ1) is 10.5. The molecule has 0 radical (unpaired) electrons. The maximum Gasteiger partial charge on any atom is 0.0119 e. The Balaban J connectivity index is 2.59. The molecule has 0 fully saturated rings. The Labute approximate surface area is 135 Å². The third-order valence-corrected chi connectivity index (χ3v) is 5.25. The molecule has 2 rings (SSSR count). The van der Waals surface area contributed by atoms with Gasteiger partial charge in [0.15, 0.2) is 0 Å². The number of rotatable bonds is 7. The second-order valence-electron chi connectivity index (χ2n) is 6.75. The molecule has 2 nitrogen and oxygen atoms in total. The lowest BCUT2D eigenvalue weighted by Crippen LogP contribution is -2.43. The van der Waals surface area contributed by atoms with Crippen LogP contribution in [0.3, 0.4) is 0 Å². The minimum atomic E-state index is 0.0416.